The first-order valence-corrected chi connectivity index (χ1v) is 5.34. The van der Waals surface area contributed by atoms with E-state index in [9.17, 15) is 14.4 Å². The number of hydrogen-bond donors (Lipinski definition) is 2. The second-order valence-corrected chi connectivity index (χ2v) is 3.66. The molecule has 8 nitrogen and oxygen atoms in total. The van der Waals surface area contributed by atoms with Gasteiger partial charge in [-0.25, -0.2) is 0 Å². The van der Waals surface area contributed by atoms with Crippen molar-refractivity contribution in [2.45, 2.75) is 0 Å². The summed E-state index contributed by atoms with van der Waals surface area (Å²) in [6.45, 7) is -0.716. The Morgan fingerprint density at radius 1 is 1.21 bits per heavy atom. The molecule has 0 saturated carbocycles. The van der Waals surface area contributed by atoms with Crippen molar-refractivity contribution < 1.29 is 23.9 Å². The van der Waals surface area contributed by atoms with Crippen LogP contribution < -0.4 is 5.73 Å². The Morgan fingerprint density at radius 3 is 2.11 bits per heavy atom. The lowest BCUT2D eigenvalue weighted by atomic mass is 10.3. The summed E-state index contributed by atoms with van der Waals surface area (Å²) >= 11 is 0. The highest BCUT2D eigenvalue weighted by atomic mass is 16.5. The summed E-state index contributed by atoms with van der Waals surface area (Å²) in [5.41, 5.74) is 6.03. The molecule has 0 unspecified atom stereocenters. The molecule has 0 aliphatic carbocycles. The Kier molecular flexibility index (Phi) is 4.92. The summed E-state index contributed by atoms with van der Waals surface area (Å²) in [4.78, 5) is 38.2. The SMILES string of the molecule is COC(=O)CN(CC(=O)OC)C(=O)c1cc(N)c[nH]1. The fourth-order valence-corrected chi connectivity index (χ4v) is 1.35. The zero-order valence-corrected chi connectivity index (χ0v) is 10.6. The fraction of sp³-hybridized carbons (Fsp3) is 0.364. The molecule has 1 amide bonds. The minimum atomic E-state index is -0.642. The van der Waals surface area contributed by atoms with E-state index < -0.39 is 17.8 Å². The number of ether oxygens (including phenoxy) is 2. The number of esters is 2. The fourth-order valence-electron chi connectivity index (χ4n) is 1.35. The topological polar surface area (TPSA) is 115 Å². The van der Waals surface area contributed by atoms with Gasteiger partial charge in [0.25, 0.3) is 5.91 Å². The molecule has 1 rings (SSSR count). The maximum Gasteiger partial charge on any atom is 0.325 e. The lowest BCUT2D eigenvalue weighted by Gasteiger charge is -2.19. The molecule has 0 radical (unpaired) electrons. The standard InChI is InChI=1S/C11H15N3O5/c1-18-9(15)5-14(6-10(16)19-2)11(17)8-3-7(12)4-13-8/h3-4,13H,5-6,12H2,1-2H3. The van der Waals surface area contributed by atoms with E-state index in [0.717, 1.165) is 4.90 Å². The minimum absolute atomic E-state index is 0.172. The predicted octanol–water partition coefficient (Wildman–Crippen LogP) is -0.615. The van der Waals surface area contributed by atoms with Crippen LogP contribution in [0.1, 0.15) is 10.5 Å². The van der Waals surface area contributed by atoms with Gasteiger partial charge in [0.1, 0.15) is 18.8 Å². The number of hydrogen-bond acceptors (Lipinski definition) is 6. The Balaban J connectivity index is 2.85. The highest BCUT2D eigenvalue weighted by molar-refractivity contribution is 5.97. The van der Waals surface area contributed by atoms with Crippen LogP contribution in [0.3, 0.4) is 0 Å². The van der Waals surface area contributed by atoms with E-state index in [1.165, 1.54) is 26.5 Å². The molecule has 0 fully saturated rings. The van der Waals surface area contributed by atoms with Crippen LogP contribution in [-0.4, -0.2) is 55.0 Å². The van der Waals surface area contributed by atoms with Gasteiger partial charge in [0.05, 0.1) is 14.2 Å². The van der Waals surface area contributed by atoms with Crippen LogP contribution >= 0.6 is 0 Å². The second-order valence-electron chi connectivity index (χ2n) is 3.66. The third-order valence-corrected chi connectivity index (χ3v) is 2.32. The summed E-state index contributed by atoms with van der Waals surface area (Å²) in [7, 11) is 2.38. The number of nitrogens with one attached hydrogen (secondary N) is 1. The molecule has 0 atom stereocenters. The quantitative estimate of drug-likeness (QED) is 0.689. The van der Waals surface area contributed by atoms with E-state index in [0.29, 0.717) is 5.69 Å². The predicted molar refractivity (Wildman–Crippen MR) is 65.1 cm³/mol. The van der Waals surface area contributed by atoms with Gasteiger partial charge in [-0.05, 0) is 6.07 Å². The highest BCUT2D eigenvalue weighted by Gasteiger charge is 2.23. The number of nitrogens with zero attached hydrogens (tertiary/aromatic N) is 1. The molecule has 0 saturated heterocycles. The summed E-state index contributed by atoms with van der Waals surface area (Å²) in [6.07, 6.45) is 1.43. The number of aromatic amines is 1. The van der Waals surface area contributed by atoms with Crippen molar-refractivity contribution in [3.63, 3.8) is 0 Å². The van der Waals surface area contributed by atoms with Crippen LogP contribution in [0.4, 0.5) is 5.69 Å². The molecule has 104 valence electrons. The number of aromatic nitrogens is 1. The molecule has 0 aliphatic heterocycles. The van der Waals surface area contributed by atoms with Gasteiger partial charge in [0, 0.05) is 11.9 Å². The monoisotopic (exact) mass is 269 g/mol. The number of carbonyl (C=O) groups is 3. The lowest BCUT2D eigenvalue weighted by Crippen LogP contribution is -2.40. The van der Waals surface area contributed by atoms with Gasteiger partial charge in [-0.3, -0.25) is 14.4 Å². The van der Waals surface area contributed by atoms with E-state index in [-0.39, 0.29) is 18.8 Å². The molecule has 1 aromatic rings. The Morgan fingerprint density at radius 2 is 1.74 bits per heavy atom. The number of amides is 1. The number of H-pyrrole nitrogens is 1. The Bertz CT molecular complexity index is 464. The largest absolute Gasteiger partial charge is 0.468 e. The summed E-state index contributed by atoms with van der Waals surface area (Å²) in [5.74, 6) is -1.83. The Labute approximate surface area is 109 Å². The summed E-state index contributed by atoms with van der Waals surface area (Å²) in [5, 5.41) is 0. The molecule has 19 heavy (non-hydrogen) atoms. The van der Waals surface area contributed by atoms with Gasteiger partial charge in [-0.1, -0.05) is 0 Å². The number of rotatable bonds is 5. The molecule has 8 heteroatoms. The first-order valence-electron chi connectivity index (χ1n) is 5.34. The van der Waals surface area contributed by atoms with Gasteiger partial charge < -0.3 is 25.1 Å². The molecule has 3 N–H and O–H groups in total. The van der Waals surface area contributed by atoms with Crippen molar-refractivity contribution >= 4 is 23.5 Å². The zero-order valence-electron chi connectivity index (χ0n) is 10.6. The third-order valence-electron chi connectivity index (χ3n) is 2.32. The van der Waals surface area contributed by atoms with Gasteiger partial charge in [0.15, 0.2) is 0 Å². The van der Waals surface area contributed by atoms with E-state index in [2.05, 4.69) is 14.5 Å². The van der Waals surface area contributed by atoms with Crippen molar-refractivity contribution in [3.05, 3.63) is 18.0 Å². The maximum absolute atomic E-state index is 12.1. The zero-order chi connectivity index (χ0) is 14.4. The average Bonchev–Trinajstić information content (AvgIpc) is 2.83. The van der Waals surface area contributed by atoms with Gasteiger partial charge >= 0.3 is 11.9 Å². The van der Waals surface area contributed by atoms with Crippen LogP contribution in [-0.2, 0) is 19.1 Å². The van der Waals surface area contributed by atoms with Gasteiger partial charge in [-0.2, -0.15) is 0 Å². The molecule has 0 aliphatic rings. The molecule has 0 aromatic carbocycles. The van der Waals surface area contributed by atoms with Gasteiger partial charge in [-0.15, -0.1) is 0 Å². The average molecular weight is 269 g/mol. The molecular formula is C11H15N3O5. The van der Waals surface area contributed by atoms with Crippen molar-refractivity contribution in [3.8, 4) is 0 Å². The number of nitrogens with two attached hydrogens (primary N) is 1. The van der Waals surface area contributed by atoms with Crippen molar-refractivity contribution in [1.29, 1.82) is 0 Å². The van der Waals surface area contributed by atoms with Gasteiger partial charge in [0.2, 0.25) is 0 Å². The van der Waals surface area contributed by atoms with Crippen molar-refractivity contribution in [2.75, 3.05) is 33.0 Å². The van der Waals surface area contributed by atoms with E-state index in [1.54, 1.807) is 0 Å². The maximum atomic E-state index is 12.1. The summed E-state index contributed by atoms with van der Waals surface area (Å²) < 4.78 is 8.93. The lowest BCUT2D eigenvalue weighted by molar-refractivity contribution is -0.144. The Hall–Kier alpha value is -2.51. The molecular weight excluding hydrogens is 254 g/mol. The number of methoxy groups -OCH3 is 2. The van der Waals surface area contributed by atoms with E-state index >= 15 is 0 Å². The normalized spacial score (nSPS) is 9.79. The van der Waals surface area contributed by atoms with Crippen LogP contribution in [0.15, 0.2) is 12.3 Å². The number of nitrogen functional groups attached to an aromatic ring is 1. The first-order chi connectivity index (χ1) is 8.97. The van der Waals surface area contributed by atoms with Crippen LogP contribution in [0.2, 0.25) is 0 Å². The number of anilines is 1. The highest BCUT2D eigenvalue weighted by Crippen LogP contribution is 2.08. The van der Waals surface area contributed by atoms with E-state index in [1.807, 2.05) is 0 Å². The van der Waals surface area contributed by atoms with Crippen LogP contribution in [0.5, 0.6) is 0 Å². The second kappa shape index (κ2) is 6.43. The smallest absolute Gasteiger partial charge is 0.325 e. The minimum Gasteiger partial charge on any atom is -0.468 e. The van der Waals surface area contributed by atoms with Crippen molar-refractivity contribution in [1.82, 2.24) is 9.88 Å². The van der Waals surface area contributed by atoms with Crippen LogP contribution in [0.25, 0.3) is 0 Å². The molecule has 0 spiro atoms. The molecule has 0 bridgehead atoms. The van der Waals surface area contributed by atoms with E-state index in [4.69, 9.17) is 5.73 Å². The molecule has 1 aromatic heterocycles. The van der Waals surface area contributed by atoms with Crippen LogP contribution in [0, 0.1) is 0 Å². The first kappa shape index (κ1) is 14.6. The molecule has 1 heterocycles. The summed E-state index contributed by atoms with van der Waals surface area (Å²) in [6, 6.07) is 1.41. The van der Waals surface area contributed by atoms with Crippen molar-refractivity contribution in [2.24, 2.45) is 0 Å². The third kappa shape index (κ3) is 4.02. The number of carbonyl (C=O) groups excluding carboxylic acids is 3.